The van der Waals surface area contributed by atoms with Crippen LogP contribution in [0.1, 0.15) is 52.9 Å². The zero-order valence-corrected chi connectivity index (χ0v) is 20.3. The Morgan fingerprint density at radius 3 is 1.86 bits per heavy atom. The number of aliphatic carboxylic acids is 2. The van der Waals surface area contributed by atoms with E-state index in [-0.39, 0.29) is 12.8 Å². The molecule has 0 aromatic heterocycles. The minimum Gasteiger partial charge on any atom is -0.481 e. The summed E-state index contributed by atoms with van der Waals surface area (Å²) in [5.74, 6) is -5.77. The van der Waals surface area contributed by atoms with Gasteiger partial charge in [-0.25, -0.2) is 4.79 Å². The number of rotatable bonds is 17. The molecule has 10 N–H and O–H groups in total. The lowest BCUT2D eigenvalue weighted by atomic mass is 10.0. The minimum absolute atomic E-state index is 0.211. The molecule has 0 aromatic carbocycles. The third-order valence-corrected chi connectivity index (χ3v) is 4.95. The van der Waals surface area contributed by atoms with E-state index >= 15 is 0 Å². The van der Waals surface area contributed by atoms with Crippen LogP contribution in [0.15, 0.2) is 0 Å². The first-order valence-electron chi connectivity index (χ1n) is 11.4. The number of carboxylic acids is 2. The number of hydrogen-bond acceptors (Lipinski definition) is 8. The molecule has 0 aromatic rings. The lowest BCUT2D eigenvalue weighted by Crippen LogP contribution is -2.56. The van der Waals surface area contributed by atoms with Gasteiger partial charge in [0.05, 0.1) is 12.6 Å². The van der Waals surface area contributed by atoms with Crippen molar-refractivity contribution in [2.24, 2.45) is 17.4 Å². The Labute approximate surface area is 203 Å². The summed E-state index contributed by atoms with van der Waals surface area (Å²) in [6.07, 6.45) is 0.561. The molecular weight excluding hydrogens is 464 g/mol. The fraction of sp³-hybridized carbons (Fsp3) is 0.714. The van der Waals surface area contributed by atoms with Crippen molar-refractivity contribution in [2.45, 2.75) is 77.0 Å². The van der Waals surface area contributed by atoms with Crippen LogP contribution in [0.5, 0.6) is 0 Å². The molecule has 200 valence electrons. The van der Waals surface area contributed by atoms with E-state index in [0.29, 0.717) is 19.4 Å². The van der Waals surface area contributed by atoms with E-state index in [0.717, 1.165) is 0 Å². The predicted octanol–water partition coefficient (Wildman–Crippen LogP) is -2.36. The van der Waals surface area contributed by atoms with Crippen LogP contribution in [0, 0.1) is 5.92 Å². The Hall–Kier alpha value is -3.26. The summed E-state index contributed by atoms with van der Waals surface area (Å²) in [4.78, 5) is 71.8. The van der Waals surface area contributed by atoms with Crippen molar-refractivity contribution in [3.05, 3.63) is 0 Å². The van der Waals surface area contributed by atoms with Crippen LogP contribution in [0.4, 0.5) is 0 Å². The topological polar surface area (TPSA) is 243 Å². The Kier molecular flexibility index (Phi) is 14.9. The Morgan fingerprint density at radius 2 is 1.37 bits per heavy atom. The molecule has 0 radical (unpaired) electrons. The first kappa shape index (κ1) is 31.7. The molecule has 0 bridgehead atoms. The highest BCUT2D eigenvalue weighted by Gasteiger charge is 2.28. The van der Waals surface area contributed by atoms with Crippen LogP contribution in [-0.4, -0.2) is 83.0 Å². The third-order valence-electron chi connectivity index (χ3n) is 4.95. The van der Waals surface area contributed by atoms with Crippen LogP contribution in [0.25, 0.3) is 0 Å². The maximum absolute atomic E-state index is 12.8. The number of unbranched alkanes of at least 4 members (excludes halogenated alkanes) is 1. The van der Waals surface area contributed by atoms with Gasteiger partial charge in [-0.1, -0.05) is 13.8 Å². The molecule has 0 aliphatic carbocycles. The van der Waals surface area contributed by atoms with Crippen molar-refractivity contribution in [1.29, 1.82) is 0 Å². The predicted molar refractivity (Wildman–Crippen MR) is 125 cm³/mol. The molecule has 0 heterocycles. The molecule has 4 atom stereocenters. The highest BCUT2D eigenvalue weighted by Crippen LogP contribution is 2.05. The molecule has 0 fully saturated rings. The molecule has 0 saturated heterocycles. The molecular formula is C21H38N6O8. The van der Waals surface area contributed by atoms with Gasteiger partial charge in [0.1, 0.15) is 18.1 Å². The van der Waals surface area contributed by atoms with Gasteiger partial charge >= 0.3 is 11.9 Å². The fourth-order valence-corrected chi connectivity index (χ4v) is 2.90. The van der Waals surface area contributed by atoms with Crippen molar-refractivity contribution in [2.75, 3.05) is 13.1 Å². The standard InChI is InChI=1S/C21H38N6O8/c1-11(2)17(21(34)35)27-15(28)10-24-19(32)14(7-8-16(29)30)26-20(33)13(6-4-5-9-22)25-18(31)12(3)23/h11-14,17H,4-10,22-23H2,1-3H3,(H,24,32)(H,25,31)(H,26,33)(H,27,28)(H,29,30)(H,34,35)/t12-,13-,14-,17-/m0/s1. The van der Waals surface area contributed by atoms with Crippen molar-refractivity contribution in [1.82, 2.24) is 21.3 Å². The van der Waals surface area contributed by atoms with Crippen LogP contribution in [0.2, 0.25) is 0 Å². The highest BCUT2D eigenvalue weighted by atomic mass is 16.4. The lowest BCUT2D eigenvalue weighted by molar-refractivity contribution is -0.143. The summed E-state index contributed by atoms with van der Waals surface area (Å²) in [5, 5.41) is 27.6. The van der Waals surface area contributed by atoms with E-state index < -0.39 is 78.6 Å². The first-order chi connectivity index (χ1) is 16.3. The third kappa shape index (κ3) is 13.3. The fourth-order valence-electron chi connectivity index (χ4n) is 2.90. The van der Waals surface area contributed by atoms with Gasteiger partial charge < -0.3 is 42.9 Å². The van der Waals surface area contributed by atoms with Gasteiger partial charge in [0, 0.05) is 6.42 Å². The van der Waals surface area contributed by atoms with Gasteiger partial charge in [-0.15, -0.1) is 0 Å². The van der Waals surface area contributed by atoms with E-state index in [1.54, 1.807) is 13.8 Å². The summed E-state index contributed by atoms with van der Waals surface area (Å²) < 4.78 is 0. The van der Waals surface area contributed by atoms with Crippen LogP contribution in [-0.2, 0) is 28.8 Å². The van der Waals surface area contributed by atoms with Crippen LogP contribution >= 0.6 is 0 Å². The zero-order valence-electron chi connectivity index (χ0n) is 20.3. The molecule has 0 aliphatic rings. The minimum atomic E-state index is -1.32. The molecule has 14 heteroatoms. The Bertz CT molecular complexity index is 758. The summed E-state index contributed by atoms with van der Waals surface area (Å²) in [6, 6.07) is -4.41. The Balaban J connectivity index is 5.31. The SMILES string of the molecule is CC(C)[C@H](NC(=O)CNC(=O)[C@H](CCC(=O)O)NC(=O)[C@H](CCCCN)NC(=O)[C@H](C)N)C(=O)O. The van der Waals surface area contributed by atoms with E-state index in [1.165, 1.54) is 6.92 Å². The number of nitrogens with two attached hydrogens (primary N) is 2. The van der Waals surface area contributed by atoms with Gasteiger partial charge in [-0.3, -0.25) is 24.0 Å². The summed E-state index contributed by atoms with van der Waals surface area (Å²) in [5.41, 5.74) is 11.0. The molecule has 0 aliphatic heterocycles. The first-order valence-corrected chi connectivity index (χ1v) is 11.4. The zero-order chi connectivity index (χ0) is 27.1. The molecule has 0 unspecified atom stereocenters. The lowest BCUT2D eigenvalue weighted by Gasteiger charge is -2.24. The van der Waals surface area contributed by atoms with E-state index in [1.807, 2.05) is 0 Å². The number of amides is 4. The molecule has 0 rings (SSSR count). The summed E-state index contributed by atoms with van der Waals surface area (Å²) >= 11 is 0. The molecule has 35 heavy (non-hydrogen) atoms. The molecule has 4 amide bonds. The number of carboxylic acid groups (broad SMARTS) is 2. The van der Waals surface area contributed by atoms with E-state index in [9.17, 15) is 28.8 Å². The van der Waals surface area contributed by atoms with Crippen molar-refractivity contribution in [3.63, 3.8) is 0 Å². The monoisotopic (exact) mass is 502 g/mol. The molecule has 14 nitrogen and oxygen atoms in total. The number of hydrogen-bond donors (Lipinski definition) is 8. The average molecular weight is 503 g/mol. The summed E-state index contributed by atoms with van der Waals surface area (Å²) in [6.45, 7) is 4.43. The number of nitrogens with one attached hydrogen (secondary N) is 4. The molecule has 0 saturated carbocycles. The normalized spacial score (nSPS) is 14.2. The average Bonchev–Trinajstić information content (AvgIpc) is 2.76. The van der Waals surface area contributed by atoms with E-state index in [4.69, 9.17) is 21.7 Å². The van der Waals surface area contributed by atoms with Gasteiger partial charge in [0.25, 0.3) is 0 Å². The highest BCUT2D eigenvalue weighted by molar-refractivity contribution is 5.94. The van der Waals surface area contributed by atoms with Gasteiger partial charge in [0.15, 0.2) is 0 Å². The second kappa shape index (κ2) is 16.4. The van der Waals surface area contributed by atoms with Crippen LogP contribution in [0.3, 0.4) is 0 Å². The van der Waals surface area contributed by atoms with Crippen molar-refractivity contribution >= 4 is 35.6 Å². The largest absolute Gasteiger partial charge is 0.481 e. The smallest absolute Gasteiger partial charge is 0.326 e. The van der Waals surface area contributed by atoms with Gasteiger partial charge in [0.2, 0.25) is 23.6 Å². The summed E-state index contributed by atoms with van der Waals surface area (Å²) in [7, 11) is 0. The van der Waals surface area contributed by atoms with Gasteiger partial charge in [-0.2, -0.15) is 0 Å². The molecule has 0 spiro atoms. The van der Waals surface area contributed by atoms with Crippen molar-refractivity contribution in [3.8, 4) is 0 Å². The maximum atomic E-state index is 12.8. The quantitative estimate of drug-likeness (QED) is 0.0983. The maximum Gasteiger partial charge on any atom is 0.326 e. The van der Waals surface area contributed by atoms with Crippen molar-refractivity contribution < 1.29 is 39.0 Å². The second-order valence-corrected chi connectivity index (χ2v) is 8.47. The van der Waals surface area contributed by atoms with E-state index in [2.05, 4.69) is 21.3 Å². The second-order valence-electron chi connectivity index (χ2n) is 8.47. The van der Waals surface area contributed by atoms with Crippen LogP contribution < -0.4 is 32.7 Å². The van der Waals surface area contributed by atoms with Gasteiger partial charge in [-0.05, 0) is 45.1 Å². The Morgan fingerprint density at radius 1 is 0.800 bits per heavy atom. The number of carbonyl (C=O) groups is 6. The number of carbonyl (C=O) groups excluding carboxylic acids is 4.